The van der Waals surface area contributed by atoms with Crippen LogP contribution in [0.1, 0.15) is 18.4 Å². The number of aliphatic imine (C=N–C) groups is 1. The van der Waals surface area contributed by atoms with Crippen LogP contribution in [0.3, 0.4) is 0 Å². The molecule has 1 aromatic rings. The van der Waals surface area contributed by atoms with Crippen LogP contribution in [-0.2, 0) is 6.42 Å². The number of guanidine groups is 1. The molecular formula is C13H18BrN3. The summed E-state index contributed by atoms with van der Waals surface area (Å²) in [5.74, 6) is 0.963. The largest absolute Gasteiger partial charge is 0.356 e. The fourth-order valence-electron chi connectivity index (χ4n) is 1.84. The maximum Gasteiger partial charge on any atom is 0.191 e. The molecule has 0 amide bonds. The summed E-state index contributed by atoms with van der Waals surface area (Å²) in [6.45, 7) is 2.96. The molecule has 1 aromatic carbocycles. The van der Waals surface area contributed by atoms with Crippen molar-refractivity contribution in [2.45, 2.75) is 19.3 Å². The van der Waals surface area contributed by atoms with E-state index in [1.165, 1.54) is 5.56 Å². The molecule has 92 valence electrons. The number of aryl methyl sites for hydroxylation is 1. The number of nitrogens with one attached hydrogen (secondary N) is 2. The van der Waals surface area contributed by atoms with Crippen molar-refractivity contribution >= 4 is 21.9 Å². The van der Waals surface area contributed by atoms with Gasteiger partial charge in [-0.25, -0.2) is 0 Å². The van der Waals surface area contributed by atoms with Gasteiger partial charge in [-0.05, 0) is 37.0 Å². The Hall–Kier alpha value is -1.03. The SMILES string of the molecule is Brc1cccc(CCCNC2=NCCCN2)c1. The van der Waals surface area contributed by atoms with Crippen LogP contribution in [0.15, 0.2) is 33.7 Å². The predicted octanol–water partition coefficient (Wildman–Crippen LogP) is 2.32. The van der Waals surface area contributed by atoms with Gasteiger partial charge in [0.05, 0.1) is 0 Å². The lowest BCUT2D eigenvalue weighted by Crippen LogP contribution is -2.41. The molecule has 0 atom stereocenters. The first-order chi connectivity index (χ1) is 8.34. The molecule has 4 heteroatoms. The van der Waals surface area contributed by atoms with Gasteiger partial charge in [0.1, 0.15) is 0 Å². The van der Waals surface area contributed by atoms with Crippen LogP contribution in [-0.4, -0.2) is 25.6 Å². The summed E-state index contributed by atoms with van der Waals surface area (Å²) in [5, 5.41) is 6.59. The molecule has 0 bridgehead atoms. The highest BCUT2D eigenvalue weighted by Crippen LogP contribution is 2.12. The molecule has 0 fully saturated rings. The van der Waals surface area contributed by atoms with E-state index in [-0.39, 0.29) is 0 Å². The Kier molecular flexibility index (Phi) is 4.86. The molecule has 1 aliphatic rings. The summed E-state index contributed by atoms with van der Waals surface area (Å²) in [6.07, 6.45) is 3.36. The van der Waals surface area contributed by atoms with Gasteiger partial charge in [0, 0.05) is 24.1 Å². The normalized spacial score (nSPS) is 15.0. The van der Waals surface area contributed by atoms with Gasteiger partial charge in [0.25, 0.3) is 0 Å². The van der Waals surface area contributed by atoms with Crippen LogP contribution in [0.25, 0.3) is 0 Å². The van der Waals surface area contributed by atoms with Crippen molar-refractivity contribution in [3.63, 3.8) is 0 Å². The van der Waals surface area contributed by atoms with E-state index in [2.05, 4.69) is 55.8 Å². The van der Waals surface area contributed by atoms with Crippen LogP contribution < -0.4 is 10.6 Å². The standard InChI is InChI=1S/C13H18BrN3/c14-12-6-1-4-11(10-12)5-2-7-15-13-16-8-3-9-17-13/h1,4,6,10H,2-3,5,7-9H2,(H2,15,16,17). The van der Waals surface area contributed by atoms with Crippen molar-refractivity contribution in [3.05, 3.63) is 34.3 Å². The van der Waals surface area contributed by atoms with Gasteiger partial charge in [0.15, 0.2) is 5.96 Å². The van der Waals surface area contributed by atoms with Crippen molar-refractivity contribution in [1.82, 2.24) is 10.6 Å². The van der Waals surface area contributed by atoms with Gasteiger partial charge in [-0.3, -0.25) is 4.99 Å². The molecule has 1 aliphatic heterocycles. The number of rotatable bonds is 4. The number of hydrogen-bond acceptors (Lipinski definition) is 3. The fourth-order valence-corrected chi connectivity index (χ4v) is 2.29. The number of nitrogens with zero attached hydrogens (tertiary/aromatic N) is 1. The summed E-state index contributed by atoms with van der Waals surface area (Å²) in [7, 11) is 0. The quantitative estimate of drug-likeness (QED) is 0.837. The number of halogens is 1. The fraction of sp³-hybridized carbons (Fsp3) is 0.462. The van der Waals surface area contributed by atoms with Crippen LogP contribution >= 0.6 is 15.9 Å². The van der Waals surface area contributed by atoms with Crippen molar-refractivity contribution in [2.75, 3.05) is 19.6 Å². The Morgan fingerprint density at radius 3 is 3.12 bits per heavy atom. The van der Waals surface area contributed by atoms with E-state index < -0.39 is 0 Å². The van der Waals surface area contributed by atoms with Gasteiger partial charge in [-0.2, -0.15) is 0 Å². The Morgan fingerprint density at radius 1 is 1.41 bits per heavy atom. The van der Waals surface area contributed by atoms with Crippen molar-refractivity contribution < 1.29 is 0 Å². The molecule has 0 radical (unpaired) electrons. The van der Waals surface area contributed by atoms with Crippen molar-refractivity contribution in [3.8, 4) is 0 Å². The van der Waals surface area contributed by atoms with Crippen LogP contribution in [0.5, 0.6) is 0 Å². The van der Waals surface area contributed by atoms with Gasteiger partial charge in [0.2, 0.25) is 0 Å². The average molecular weight is 296 g/mol. The molecule has 0 saturated carbocycles. The Labute approximate surface area is 111 Å². The zero-order valence-corrected chi connectivity index (χ0v) is 11.5. The first-order valence-corrected chi connectivity index (χ1v) is 6.90. The molecule has 17 heavy (non-hydrogen) atoms. The second kappa shape index (κ2) is 6.64. The molecule has 1 heterocycles. The summed E-state index contributed by atoms with van der Waals surface area (Å²) in [4.78, 5) is 4.38. The smallest absolute Gasteiger partial charge is 0.191 e. The Morgan fingerprint density at radius 2 is 2.35 bits per heavy atom. The number of benzene rings is 1. The van der Waals surface area contributed by atoms with E-state index in [0.29, 0.717) is 0 Å². The Balaban J connectivity index is 1.67. The molecule has 0 unspecified atom stereocenters. The van der Waals surface area contributed by atoms with Gasteiger partial charge >= 0.3 is 0 Å². The zero-order chi connectivity index (χ0) is 11.9. The molecule has 2 N–H and O–H groups in total. The molecule has 0 saturated heterocycles. The third kappa shape index (κ3) is 4.38. The summed E-state index contributed by atoms with van der Waals surface area (Å²) in [6, 6.07) is 8.49. The van der Waals surface area contributed by atoms with E-state index in [4.69, 9.17) is 0 Å². The van der Waals surface area contributed by atoms with Crippen molar-refractivity contribution in [1.29, 1.82) is 0 Å². The minimum absolute atomic E-state index is 0.945. The first kappa shape index (κ1) is 12.4. The highest BCUT2D eigenvalue weighted by molar-refractivity contribution is 9.10. The monoisotopic (exact) mass is 295 g/mol. The Bertz CT molecular complexity index is 390. The molecule has 0 aromatic heterocycles. The second-order valence-corrected chi connectivity index (χ2v) is 5.09. The van der Waals surface area contributed by atoms with E-state index in [9.17, 15) is 0 Å². The molecule has 3 nitrogen and oxygen atoms in total. The van der Waals surface area contributed by atoms with Crippen LogP contribution in [0, 0.1) is 0 Å². The third-order valence-corrected chi connectivity index (χ3v) is 3.21. The first-order valence-electron chi connectivity index (χ1n) is 6.11. The zero-order valence-electron chi connectivity index (χ0n) is 9.88. The van der Waals surface area contributed by atoms with Crippen LogP contribution in [0.2, 0.25) is 0 Å². The van der Waals surface area contributed by atoms with E-state index in [1.807, 2.05) is 0 Å². The second-order valence-electron chi connectivity index (χ2n) is 4.17. The van der Waals surface area contributed by atoms with Crippen LogP contribution in [0.4, 0.5) is 0 Å². The molecule has 2 rings (SSSR count). The van der Waals surface area contributed by atoms with Crippen molar-refractivity contribution in [2.24, 2.45) is 4.99 Å². The summed E-state index contributed by atoms with van der Waals surface area (Å²) < 4.78 is 1.15. The maximum absolute atomic E-state index is 4.38. The van der Waals surface area contributed by atoms with Gasteiger partial charge in [-0.15, -0.1) is 0 Å². The third-order valence-electron chi connectivity index (χ3n) is 2.72. The van der Waals surface area contributed by atoms with E-state index >= 15 is 0 Å². The lowest BCUT2D eigenvalue weighted by molar-refractivity contribution is 0.686. The summed E-state index contributed by atoms with van der Waals surface area (Å²) >= 11 is 3.49. The minimum atomic E-state index is 0.945. The summed E-state index contributed by atoms with van der Waals surface area (Å²) in [5.41, 5.74) is 1.37. The molecule has 0 aliphatic carbocycles. The average Bonchev–Trinajstić information content (AvgIpc) is 2.36. The minimum Gasteiger partial charge on any atom is -0.356 e. The lowest BCUT2D eigenvalue weighted by Gasteiger charge is -2.15. The van der Waals surface area contributed by atoms with E-state index in [1.54, 1.807) is 0 Å². The number of hydrogen-bond donors (Lipinski definition) is 2. The predicted molar refractivity (Wildman–Crippen MR) is 75.4 cm³/mol. The lowest BCUT2D eigenvalue weighted by atomic mass is 10.1. The van der Waals surface area contributed by atoms with Gasteiger partial charge < -0.3 is 10.6 Å². The molecule has 0 spiro atoms. The van der Waals surface area contributed by atoms with E-state index in [0.717, 1.165) is 49.3 Å². The van der Waals surface area contributed by atoms with Gasteiger partial charge in [-0.1, -0.05) is 28.1 Å². The topological polar surface area (TPSA) is 36.4 Å². The highest BCUT2D eigenvalue weighted by Gasteiger charge is 2.02. The highest BCUT2D eigenvalue weighted by atomic mass is 79.9. The molecular weight excluding hydrogens is 278 g/mol. The maximum atomic E-state index is 4.38.